The first-order chi connectivity index (χ1) is 11.1. The lowest BCUT2D eigenvalue weighted by Crippen LogP contribution is -2.40. The van der Waals surface area contributed by atoms with Crippen LogP contribution in [0.3, 0.4) is 0 Å². The summed E-state index contributed by atoms with van der Waals surface area (Å²) in [7, 11) is 0. The third-order valence-corrected chi connectivity index (χ3v) is 3.86. The number of carboxylic acids is 1. The Kier molecular flexibility index (Phi) is 5.00. The van der Waals surface area contributed by atoms with Gasteiger partial charge in [-0.2, -0.15) is 13.2 Å². The summed E-state index contributed by atoms with van der Waals surface area (Å²) in [4.78, 5) is 24.0. The number of carboxylic acid groups (broad SMARTS) is 1. The Bertz CT molecular complexity index is 634. The van der Waals surface area contributed by atoms with Gasteiger partial charge in [0.1, 0.15) is 0 Å². The van der Waals surface area contributed by atoms with E-state index in [0.717, 1.165) is 11.0 Å². The first kappa shape index (κ1) is 18.0. The number of nitrogens with zero attached hydrogens (tertiary/aromatic N) is 1. The molecule has 1 saturated heterocycles. The Morgan fingerprint density at radius 1 is 1.29 bits per heavy atom. The van der Waals surface area contributed by atoms with Crippen molar-refractivity contribution in [1.82, 2.24) is 4.90 Å². The molecule has 24 heavy (non-hydrogen) atoms. The fourth-order valence-electron chi connectivity index (χ4n) is 2.60. The lowest BCUT2D eigenvalue weighted by atomic mass is 9.96. The molecule has 0 aliphatic carbocycles. The number of aliphatic carboxylic acids is 1. The van der Waals surface area contributed by atoms with Gasteiger partial charge >= 0.3 is 12.1 Å². The second-order valence-electron chi connectivity index (χ2n) is 5.53. The Morgan fingerprint density at radius 2 is 1.92 bits per heavy atom. The Hall–Kier alpha value is -2.32. The lowest BCUT2D eigenvalue weighted by Gasteiger charge is -2.22. The van der Waals surface area contributed by atoms with Crippen molar-refractivity contribution in [1.29, 1.82) is 0 Å². The number of likely N-dealkylation sites (tertiary alicyclic amines) is 1. The molecular weight excluding hydrogens is 334 g/mol. The van der Waals surface area contributed by atoms with Gasteiger partial charge in [-0.05, 0) is 19.1 Å². The molecule has 0 saturated carbocycles. The van der Waals surface area contributed by atoms with Crippen molar-refractivity contribution in [3.63, 3.8) is 0 Å². The van der Waals surface area contributed by atoms with E-state index in [4.69, 9.17) is 9.84 Å². The average molecular weight is 349 g/mol. The van der Waals surface area contributed by atoms with Crippen LogP contribution in [-0.4, -0.2) is 47.3 Å². The van der Waals surface area contributed by atoms with Crippen LogP contribution in [0.15, 0.2) is 24.3 Å². The summed E-state index contributed by atoms with van der Waals surface area (Å²) in [5, 5.41) is 8.94. The number of benzene rings is 1. The van der Waals surface area contributed by atoms with Gasteiger partial charge < -0.3 is 14.7 Å². The molecule has 1 aliphatic heterocycles. The second-order valence-corrected chi connectivity index (χ2v) is 5.53. The maximum atomic E-state index is 13.5. The van der Waals surface area contributed by atoms with Crippen molar-refractivity contribution in [3.05, 3.63) is 30.1 Å². The third kappa shape index (κ3) is 3.77. The van der Waals surface area contributed by atoms with Crippen LogP contribution in [0.2, 0.25) is 0 Å². The highest BCUT2D eigenvalue weighted by atomic mass is 19.4. The van der Waals surface area contributed by atoms with Gasteiger partial charge in [0.05, 0.1) is 11.8 Å². The Balaban J connectivity index is 2.09. The summed E-state index contributed by atoms with van der Waals surface area (Å²) in [6.45, 7) is -0.0565. The number of carbonyl (C=O) groups is 2. The van der Waals surface area contributed by atoms with E-state index in [2.05, 4.69) is 0 Å². The van der Waals surface area contributed by atoms with Crippen LogP contribution in [0, 0.1) is 17.7 Å². The minimum atomic E-state index is -4.73. The molecule has 1 amide bonds. The van der Waals surface area contributed by atoms with Gasteiger partial charge in [0.15, 0.2) is 17.7 Å². The van der Waals surface area contributed by atoms with Gasteiger partial charge in [-0.1, -0.05) is 12.1 Å². The zero-order valence-corrected chi connectivity index (χ0v) is 12.6. The van der Waals surface area contributed by atoms with Crippen LogP contribution in [0.4, 0.5) is 17.6 Å². The molecule has 1 aromatic rings. The van der Waals surface area contributed by atoms with Gasteiger partial charge in [0, 0.05) is 13.1 Å². The maximum Gasteiger partial charge on any atom is 0.394 e. The number of alkyl halides is 3. The van der Waals surface area contributed by atoms with Gasteiger partial charge in [0.2, 0.25) is 0 Å². The number of rotatable bonds is 4. The summed E-state index contributed by atoms with van der Waals surface area (Å²) in [6, 6.07) is 5.29. The fourth-order valence-corrected chi connectivity index (χ4v) is 2.60. The fraction of sp³-hybridized carbons (Fsp3) is 0.467. The van der Waals surface area contributed by atoms with Crippen LogP contribution >= 0.6 is 0 Å². The summed E-state index contributed by atoms with van der Waals surface area (Å²) in [5.74, 6) is -7.23. The number of halogens is 4. The molecule has 1 N–H and O–H groups in total. The predicted molar refractivity (Wildman–Crippen MR) is 73.7 cm³/mol. The largest absolute Gasteiger partial charge is 0.481 e. The molecule has 1 aromatic carbocycles. The van der Waals surface area contributed by atoms with Gasteiger partial charge in [-0.25, -0.2) is 4.39 Å². The van der Waals surface area contributed by atoms with Crippen LogP contribution in [-0.2, 0) is 9.59 Å². The van der Waals surface area contributed by atoms with Crippen molar-refractivity contribution in [2.24, 2.45) is 11.8 Å². The highest BCUT2D eigenvalue weighted by Crippen LogP contribution is 2.38. The monoisotopic (exact) mass is 349 g/mol. The quantitative estimate of drug-likeness (QED) is 0.847. The molecule has 1 fully saturated rings. The number of carbonyl (C=O) groups excluding carboxylic acids is 1. The number of amides is 1. The molecular formula is C15H15F4NO4. The van der Waals surface area contributed by atoms with Crippen molar-refractivity contribution < 1.29 is 37.0 Å². The van der Waals surface area contributed by atoms with Crippen LogP contribution < -0.4 is 4.74 Å². The molecule has 3 atom stereocenters. The smallest absolute Gasteiger partial charge is 0.394 e. The SMILES string of the molecule is CC(Oc1ccccc1F)C(=O)N1C[C@@H](C(F)(F)F)[C@H](C(=O)O)C1. The van der Waals surface area contributed by atoms with E-state index in [1.165, 1.54) is 25.1 Å². The van der Waals surface area contributed by atoms with Crippen molar-refractivity contribution in [3.8, 4) is 5.75 Å². The standard InChI is InChI=1S/C15H15F4NO4/c1-8(24-12-5-3-2-4-11(12)16)13(21)20-6-9(14(22)23)10(7-20)15(17,18)19/h2-5,8-10H,6-7H2,1H3,(H,22,23)/t8?,9-,10-/m1/s1. The van der Waals surface area contributed by atoms with Gasteiger partial charge in [-0.15, -0.1) is 0 Å². The zero-order valence-electron chi connectivity index (χ0n) is 12.6. The van der Waals surface area contributed by atoms with E-state index in [1.807, 2.05) is 0 Å². The summed E-state index contributed by atoms with van der Waals surface area (Å²) >= 11 is 0. The lowest BCUT2D eigenvalue weighted by molar-refractivity contribution is -0.188. The molecule has 0 aromatic heterocycles. The molecule has 5 nitrogen and oxygen atoms in total. The Morgan fingerprint density at radius 3 is 2.42 bits per heavy atom. The van der Waals surface area contributed by atoms with E-state index in [-0.39, 0.29) is 5.75 Å². The number of ether oxygens (including phenoxy) is 1. The number of hydrogen-bond donors (Lipinski definition) is 1. The molecule has 0 bridgehead atoms. The molecule has 0 radical (unpaired) electrons. The van der Waals surface area contributed by atoms with Gasteiger partial charge in [-0.3, -0.25) is 9.59 Å². The molecule has 132 valence electrons. The summed E-state index contributed by atoms with van der Waals surface area (Å²) in [5.41, 5.74) is 0. The molecule has 0 spiro atoms. The normalized spacial score (nSPS) is 22.3. The molecule has 2 rings (SSSR count). The van der Waals surface area contributed by atoms with E-state index in [9.17, 15) is 27.2 Å². The van der Waals surface area contributed by atoms with Crippen LogP contribution in [0.25, 0.3) is 0 Å². The van der Waals surface area contributed by atoms with Crippen molar-refractivity contribution in [2.45, 2.75) is 19.2 Å². The molecule has 1 aliphatic rings. The second kappa shape index (κ2) is 6.66. The minimum Gasteiger partial charge on any atom is -0.481 e. The van der Waals surface area contributed by atoms with Crippen molar-refractivity contribution in [2.75, 3.05) is 13.1 Å². The van der Waals surface area contributed by atoms with Crippen LogP contribution in [0.1, 0.15) is 6.92 Å². The molecule has 1 unspecified atom stereocenters. The van der Waals surface area contributed by atoms with E-state index >= 15 is 0 Å². The van der Waals surface area contributed by atoms with E-state index in [0.29, 0.717) is 0 Å². The average Bonchev–Trinajstić information content (AvgIpc) is 2.94. The van der Waals surface area contributed by atoms with Gasteiger partial charge in [0.25, 0.3) is 5.91 Å². The third-order valence-electron chi connectivity index (χ3n) is 3.86. The highest BCUT2D eigenvalue weighted by molar-refractivity contribution is 5.82. The predicted octanol–water partition coefficient (Wildman–Crippen LogP) is 2.31. The van der Waals surface area contributed by atoms with E-state index in [1.54, 1.807) is 0 Å². The van der Waals surface area contributed by atoms with Crippen LogP contribution in [0.5, 0.6) is 5.75 Å². The number of para-hydroxylation sites is 1. The van der Waals surface area contributed by atoms with E-state index < -0.39 is 54.9 Å². The highest BCUT2D eigenvalue weighted by Gasteiger charge is 2.53. The Labute approximate surface area is 134 Å². The molecule has 1 heterocycles. The zero-order chi connectivity index (χ0) is 18.1. The summed E-state index contributed by atoms with van der Waals surface area (Å²) in [6.07, 6.45) is -5.98. The minimum absolute atomic E-state index is 0.209. The maximum absolute atomic E-state index is 13.5. The topological polar surface area (TPSA) is 66.8 Å². The summed E-state index contributed by atoms with van der Waals surface area (Å²) < 4.78 is 57.4. The first-order valence-corrected chi connectivity index (χ1v) is 7.10. The first-order valence-electron chi connectivity index (χ1n) is 7.10. The van der Waals surface area contributed by atoms with Crippen molar-refractivity contribution >= 4 is 11.9 Å². The number of hydrogen-bond acceptors (Lipinski definition) is 3. The molecule has 9 heteroatoms.